The molecule has 0 unspecified atom stereocenters. The summed E-state index contributed by atoms with van der Waals surface area (Å²) in [7, 11) is 0. The quantitative estimate of drug-likeness (QED) is 0.686. The molecule has 0 aromatic carbocycles. The van der Waals surface area contributed by atoms with E-state index in [2.05, 4.69) is 16.5 Å². The van der Waals surface area contributed by atoms with Crippen LogP contribution in [0, 0.1) is 0 Å². The molecule has 0 aromatic rings. The van der Waals surface area contributed by atoms with E-state index in [1.807, 2.05) is 11.8 Å². The maximum absolute atomic E-state index is 3.49. The Morgan fingerprint density at radius 2 is 2.00 bits per heavy atom. The van der Waals surface area contributed by atoms with Gasteiger partial charge < -0.3 is 5.32 Å². The van der Waals surface area contributed by atoms with E-state index in [4.69, 9.17) is 0 Å². The molecule has 12 heavy (non-hydrogen) atoms. The molecule has 2 atom stereocenters. The van der Waals surface area contributed by atoms with Crippen molar-refractivity contribution in [2.45, 2.75) is 24.1 Å². The zero-order chi connectivity index (χ0) is 8.39. The highest BCUT2D eigenvalue weighted by molar-refractivity contribution is 7.99. The van der Waals surface area contributed by atoms with Crippen molar-refractivity contribution in [1.82, 2.24) is 10.2 Å². The van der Waals surface area contributed by atoms with Crippen LogP contribution in [0.4, 0.5) is 0 Å². The standard InChI is InChI=1S/C9H18N2S/c1-12-9-7-10-6-8(9)11-4-2-3-5-11/h8-10H,2-7H2,1H3/t8-,9-/m0/s1. The molecular formula is C9H18N2S. The van der Waals surface area contributed by atoms with E-state index in [9.17, 15) is 0 Å². The van der Waals surface area contributed by atoms with Crippen molar-refractivity contribution in [2.24, 2.45) is 0 Å². The molecule has 3 heteroatoms. The van der Waals surface area contributed by atoms with Crippen molar-refractivity contribution in [3.63, 3.8) is 0 Å². The lowest BCUT2D eigenvalue weighted by Gasteiger charge is -2.26. The first-order valence-electron chi connectivity index (χ1n) is 4.89. The largest absolute Gasteiger partial charge is 0.314 e. The van der Waals surface area contributed by atoms with Crippen LogP contribution in [0.25, 0.3) is 0 Å². The van der Waals surface area contributed by atoms with Crippen molar-refractivity contribution in [3.05, 3.63) is 0 Å². The van der Waals surface area contributed by atoms with Gasteiger partial charge in [0.2, 0.25) is 0 Å². The van der Waals surface area contributed by atoms with Crippen molar-refractivity contribution >= 4 is 11.8 Å². The first-order chi connectivity index (χ1) is 5.92. The van der Waals surface area contributed by atoms with Gasteiger partial charge in [0, 0.05) is 24.4 Å². The van der Waals surface area contributed by atoms with Crippen molar-refractivity contribution in [1.29, 1.82) is 0 Å². The Morgan fingerprint density at radius 1 is 1.25 bits per heavy atom. The Labute approximate surface area is 79.1 Å². The molecule has 0 aromatic heterocycles. The lowest BCUT2D eigenvalue weighted by atomic mass is 10.2. The number of nitrogens with zero attached hydrogens (tertiary/aromatic N) is 1. The minimum Gasteiger partial charge on any atom is -0.314 e. The predicted octanol–water partition coefficient (Wildman–Crippen LogP) is 0.786. The highest BCUT2D eigenvalue weighted by Crippen LogP contribution is 2.23. The molecule has 0 bridgehead atoms. The van der Waals surface area contributed by atoms with Gasteiger partial charge in [-0.05, 0) is 32.2 Å². The molecular weight excluding hydrogens is 168 g/mol. The second-order valence-corrected chi connectivity index (χ2v) is 4.82. The summed E-state index contributed by atoms with van der Waals surface area (Å²) in [4.78, 5) is 2.67. The van der Waals surface area contributed by atoms with E-state index >= 15 is 0 Å². The Morgan fingerprint density at radius 3 is 2.67 bits per heavy atom. The highest BCUT2D eigenvalue weighted by atomic mass is 32.2. The van der Waals surface area contributed by atoms with Gasteiger partial charge in [-0.15, -0.1) is 0 Å². The van der Waals surface area contributed by atoms with Gasteiger partial charge in [-0.1, -0.05) is 0 Å². The van der Waals surface area contributed by atoms with Gasteiger partial charge in [-0.3, -0.25) is 4.90 Å². The molecule has 70 valence electrons. The molecule has 2 nitrogen and oxygen atoms in total. The maximum atomic E-state index is 3.49. The third-order valence-electron chi connectivity index (χ3n) is 3.04. The molecule has 2 fully saturated rings. The molecule has 2 heterocycles. The van der Waals surface area contributed by atoms with E-state index < -0.39 is 0 Å². The van der Waals surface area contributed by atoms with Crippen LogP contribution in [-0.2, 0) is 0 Å². The first kappa shape index (κ1) is 8.85. The maximum Gasteiger partial charge on any atom is 0.0351 e. The van der Waals surface area contributed by atoms with Crippen molar-refractivity contribution < 1.29 is 0 Å². The smallest absolute Gasteiger partial charge is 0.0351 e. The Bertz CT molecular complexity index is 145. The fraction of sp³-hybridized carbons (Fsp3) is 1.00. The van der Waals surface area contributed by atoms with Gasteiger partial charge in [0.25, 0.3) is 0 Å². The number of likely N-dealkylation sites (tertiary alicyclic amines) is 1. The Hall–Kier alpha value is 0.270. The van der Waals surface area contributed by atoms with Crippen LogP contribution in [0.5, 0.6) is 0 Å². The summed E-state index contributed by atoms with van der Waals surface area (Å²) in [6, 6.07) is 0.822. The summed E-state index contributed by atoms with van der Waals surface area (Å²) in [6.45, 7) is 5.10. The molecule has 0 saturated carbocycles. The first-order valence-corrected chi connectivity index (χ1v) is 6.18. The van der Waals surface area contributed by atoms with Gasteiger partial charge >= 0.3 is 0 Å². The summed E-state index contributed by atoms with van der Waals surface area (Å²) >= 11 is 2.02. The van der Waals surface area contributed by atoms with Crippen LogP contribution in [0.1, 0.15) is 12.8 Å². The van der Waals surface area contributed by atoms with Crippen LogP contribution in [0.2, 0.25) is 0 Å². The van der Waals surface area contributed by atoms with Gasteiger partial charge in [-0.25, -0.2) is 0 Å². The van der Waals surface area contributed by atoms with Gasteiger partial charge in [0.1, 0.15) is 0 Å². The van der Waals surface area contributed by atoms with Crippen LogP contribution in [0.3, 0.4) is 0 Å². The zero-order valence-corrected chi connectivity index (χ0v) is 8.57. The molecule has 2 saturated heterocycles. The van der Waals surface area contributed by atoms with Crippen LogP contribution >= 0.6 is 11.8 Å². The lowest BCUT2D eigenvalue weighted by molar-refractivity contribution is 0.263. The number of nitrogens with one attached hydrogen (secondary N) is 1. The van der Waals surface area contributed by atoms with Crippen LogP contribution in [0.15, 0.2) is 0 Å². The second kappa shape index (κ2) is 3.99. The predicted molar refractivity (Wildman–Crippen MR) is 54.8 cm³/mol. The lowest BCUT2D eigenvalue weighted by Crippen LogP contribution is -2.39. The normalized spacial score (nSPS) is 37.8. The van der Waals surface area contributed by atoms with E-state index in [1.165, 1.54) is 39.0 Å². The topological polar surface area (TPSA) is 15.3 Å². The molecule has 1 N–H and O–H groups in total. The van der Waals surface area contributed by atoms with Crippen molar-refractivity contribution in [2.75, 3.05) is 32.4 Å². The monoisotopic (exact) mass is 186 g/mol. The number of hydrogen-bond donors (Lipinski definition) is 1. The molecule has 2 aliphatic heterocycles. The van der Waals surface area contributed by atoms with Crippen molar-refractivity contribution in [3.8, 4) is 0 Å². The highest BCUT2D eigenvalue weighted by Gasteiger charge is 2.32. The Kier molecular flexibility index (Phi) is 2.94. The summed E-state index contributed by atoms with van der Waals surface area (Å²) in [6.07, 6.45) is 5.07. The molecule has 0 spiro atoms. The Balaban J connectivity index is 1.92. The summed E-state index contributed by atoms with van der Waals surface area (Å²) < 4.78 is 0. The SMILES string of the molecule is CS[C@H]1CNC[C@@H]1N1CCCC1. The molecule has 0 amide bonds. The van der Waals surface area contributed by atoms with E-state index in [0.29, 0.717) is 0 Å². The van der Waals surface area contributed by atoms with E-state index in [0.717, 1.165) is 11.3 Å². The van der Waals surface area contributed by atoms with Gasteiger partial charge in [0.15, 0.2) is 0 Å². The van der Waals surface area contributed by atoms with Gasteiger partial charge in [-0.2, -0.15) is 11.8 Å². The minimum absolute atomic E-state index is 0.822. The van der Waals surface area contributed by atoms with Crippen LogP contribution < -0.4 is 5.32 Å². The number of hydrogen-bond acceptors (Lipinski definition) is 3. The summed E-state index contributed by atoms with van der Waals surface area (Å²) in [5, 5.41) is 4.32. The molecule has 2 aliphatic rings. The molecule has 0 aliphatic carbocycles. The van der Waals surface area contributed by atoms with Gasteiger partial charge in [0.05, 0.1) is 0 Å². The third kappa shape index (κ3) is 1.63. The average Bonchev–Trinajstić information content (AvgIpc) is 2.74. The fourth-order valence-corrected chi connectivity index (χ4v) is 3.19. The zero-order valence-electron chi connectivity index (χ0n) is 7.75. The second-order valence-electron chi connectivity index (χ2n) is 3.74. The summed E-state index contributed by atoms with van der Waals surface area (Å²) in [5.74, 6) is 0. The average molecular weight is 186 g/mol. The van der Waals surface area contributed by atoms with Crippen LogP contribution in [-0.4, -0.2) is 48.6 Å². The fourth-order valence-electron chi connectivity index (χ4n) is 2.32. The number of rotatable bonds is 2. The summed E-state index contributed by atoms with van der Waals surface area (Å²) in [5.41, 5.74) is 0. The van der Waals surface area contributed by atoms with E-state index in [1.54, 1.807) is 0 Å². The minimum atomic E-state index is 0.822. The molecule has 0 radical (unpaired) electrons. The van der Waals surface area contributed by atoms with E-state index in [-0.39, 0.29) is 0 Å². The third-order valence-corrected chi connectivity index (χ3v) is 4.13. The number of thioether (sulfide) groups is 1. The molecule has 2 rings (SSSR count).